The molecule has 1 heterocycles. The fourth-order valence-corrected chi connectivity index (χ4v) is 2.45. The Morgan fingerprint density at radius 2 is 1.52 bits per heavy atom. The normalized spacial score (nSPS) is 10.3. The van der Waals surface area contributed by atoms with Gasteiger partial charge in [0, 0.05) is 11.6 Å². The molecule has 0 spiro atoms. The number of rotatable bonds is 4. The maximum absolute atomic E-state index is 5.42. The lowest BCUT2D eigenvalue weighted by molar-refractivity contribution is -0.687. The molecule has 1 aromatic heterocycles. The summed E-state index contributed by atoms with van der Waals surface area (Å²) in [6.07, 6.45) is 4.25. The van der Waals surface area contributed by atoms with Crippen LogP contribution in [0.2, 0.25) is 0 Å². The highest BCUT2D eigenvalue weighted by atomic mass is 16.5. The maximum atomic E-state index is 5.42. The van der Waals surface area contributed by atoms with Gasteiger partial charge in [-0.3, -0.25) is 0 Å². The monoisotopic (exact) mass is 276 g/mol. The first kappa shape index (κ1) is 13.4. The third-order valence-electron chi connectivity index (χ3n) is 3.51. The molecule has 0 aliphatic heterocycles. The highest BCUT2D eigenvalue weighted by Gasteiger charge is 2.09. The Morgan fingerprint density at radius 3 is 2.33 bits per heavy atom. The summed E-state index contributed by atoms with van der Waals surface area (Å²) in [4.78, 5) is 0. The van der Waals surface area contributed by atoms with Crippen molar-refractivity contribution in [2.45, 2.75) is 6.54 Å². The number of methoxy groups -OCH3 is 1. The van der Waals surface area contributed by atoms with Gasteiger partial charge in [0.2, 0.25) is 0 Å². The molecule has 104 valence electrons. The van der Waals surface area contributed by atoms with Crippen LogP contribution in [0.25, 0.3) is 11.1 Å². The van der Waals surface area contributed by atoms with E-state index in [2.05, 4.69) is 59.4 Å². The van der Waals surface area contributed by atoms with Gasteiger partial charge >= 0.3 is 0 Å². The maximum Gasteiger partial charge on any atom is 0.177 e. The second-order valence-corrected chi connectivity index (χ2v) is 4.94. The molecule has 3 aromatic rings. The van der Waals surface area contributed by atoms with Gasteiger partial charge in [-0.25, -0.2) is 4.57 Å². The van der Waals surface area contributed by atoms with Gasteiger partial charge in [0.1, 0.15) is 5.75 Å². The SMILES string of the molecule is COc1ccccc1C[n+]1cccc(-c2ccccc2)c1. The van der Waals surface area contributed by atoms with E-state index in [1.165, 1.54) is 16.7 Å². The van der Waals surface area contributed by atoms with Gasteiger partial charge in [0.05, 0.1) is 12.7 Å². The van der Waals surface area contributed by atoms with Crippen LogP contribution in [0, 0.1) is 0 Å². The Morgan fingerprint density at radius 1 is 0.810 bits per heavy atom. The molecule has 0 N–H and O–H groups in total. The summed E-state index contributed by atoms with van der Waals surface area (Å²) in [5.74, 6) is 0.926. The second-order valence-electron chi connectivity index (χ2n) is 4.94. The Bertz CT molecular complexity index is 722. The van der Waals surface area contributed by atoms with E-state index in [-0.39, 0.29) is 0 Å². The molecule has 0 saturated carbocycles. The molecule has 2 heteroatoms. The number of aromatic nitrogens is 1. The van der Waals surface area contributed by atoms with Crippen molar-refractivity contribution < 1.29 is 9.30 Å². The van der Waals surface area contributed by atoms with E-state index >= 15 is 0 Å². The zero-order valence-corrected chi connectivity index (χ0v) is 12.1. The first-order valence-corrected chi connectivity index (χ1v) is 7.03. The number of hydrogen-bond acceptors (Lipinski definition) is 1. The van der Waals surface area contributed by atoms with Crippen LogP contribution in [0.3, 0.4) is 0 Å². The highest BCUT2D eigenvalue weighted by molar-refractivity contribution is 5.61. The molecule has 21 heavy (non-hydrogen) atoms. The van der Waals surface area contributed by atoms with Gasteiger partial charge in [-0.1, -0.05) is 42.5 Å². The average molecular weight is 276 g/mol. The van der Waals surface area contributed by atoms with Gasteiger partial charge in [0.25, 0.3) is 0 Å². The molecular weight excluding hydrogens is 258 g/mol. The molecule has 0 bridgehead atoms. The summed E-state index contributed by atoms with van der Waals surface area (Å²) in [5, 5.41) is 0. The van der Waals surface area contributed by atoms with Crippen LogP contribution in [0.4, 0.5) is 0 Å². The largest absolute Gasteiger partial charge is 0.496 e. The Kier molecular flexibility index (Phi) is 3.97. The fourth-order valence-electron chi connectivity index (χ4n) is 2.45. The summed E-state index contributed by atoms with van der Waals surface area (Å²) < 4.78 is 7.60. The first-order chi connectivity index (χ1) is 10.4. The van der Waals surface area contributed by atoms with Crippen LogP contribution in [-0.2, 0) is 6.54 Å². The zero-order valence-electron chi connectivity index (χ0n) is 12.1. The van der Waals surface area contributed by atoms with Crippen molar-refractivity contribution in [3.05, 3.63) is 84.7 Å². The number of benzene rings is 2. The van der Waals surface area contributed by atoms with E-state index in [1.807, 2.05) is 24.3 Å². The fraction of sp³-hybridized carbons (Fsp3) is 0.105. The lowest BCUT2D eigenvalue weighted by Gasteiger charge is -2.06. The Labute approximate surface area is 125 Å². The van der Waals surface area contributed by atoms with E-state index in [0.717, 1.165) is 12.3 Å². The molecular formula is C19H18NO+. The summed E-state index contributed by atoms with van der Waals surface area (Å²) in [7, 11) is 1.71. The molecule has 0 atom stereocenters. The molecule has 0 unspecified atom stereocenters. The van der Waals surface area contributed by atoms with E-state index in [4.69, 9.17) is 4.74 Å². The average Bonchev–Trinajstić information content (AvgIpc) is 2.56. The minimum Gasteiger partial charge on any atom is -0.496 e. The zero-order chi connectivity index (χ0) is 14.5. The van der Waals surface area contributed by atoms with Gasteiger partial charge in [0.15, 0.2) is 18.9 Å². The number of para-hydroxylation sites is 1. The van der Waals surface area contributed by atoms with Crippen LogP contribution in [0.1, 0.15) is 5.56 Å². The highest BCUT2D eigenvalue weighted by Crippen LogP contribution is 2.18. The van der Waals surface area contributed by atoms with Crippen molar-refractivity contribution in [1.82, 2.24) is 0 Å². The minimum atomic E-state index is 0.796. The van der Waals surface area contributed by atoms with E-state index < -0.39 is 0 Å². The molecule has 0 amide bonds. The Balaban J connectivity index is 1.90. The topological polar surface area (TPSA) is 13.1 Å². The van der Waals surface area contributed by atoms with Crippen LogP contribution >= 0.6 is 0 Å². The Hall–Kier alpha value is -2.61. The molecule has 0 radical (unpaired) electrons. The quantitative estimate of drug-likeness (QED) is 0.662. The summed E-state index contributed by atoms with van der Waals surface area (Å²) >= 11 is 0. The van der Waals surface area contributed by atoms with E-state index in [1.54, 1.807) is 7.11 Å². The summed E-state index contributed by atoms with van der Waals surface area (Å²) in [6, 6.07) is 22.8. The number of hydrogen-bond donors (Lipinski definition) is 0. The van der Waals surface area contributed by atoms with Crippen molar-refractivity contribution in [2.24, 2.45) is 0 Å². The van der Waals surface area contributed by atoms with E-state index in [0.29, 0.717) is 0 Å². The van der Waals surface area contributed by atoms with Gasteiger partial charge in [-0.05, 0) is 23.8 Å². The van der Waals surface area contributed by atoms with Crippen molar-refractivity contribution in [3.8, 4) is 16.9 Å². The summed E-state index contributed by atoms with van der Waals surface area (Å²) in [6.45, 7) is 0.796. The van der Waals surface area contributed by atoms with Crippen LogP contribution in [0.5, 0.6) is 5.75 Å². The molecule has 2 aromatic carbocycles. The minimum absolute atomic E-state index is 0.796. The van der Waals surface area contributed by atoms with Crippen molar-refractivity contribution in [2.75, 3.05) is 7.11 Å². The number of pyridine rings is 1. The third-order valence-corrected chi connectivity index (χ3v) is 3.51. The lowest BCUT2D eigenvalue weighted by Crippen LogP contribution is -2.33. The van der Waals surface area contributed by atoms with Crippen LogP contribution in [-0.4, -0.2) is 7.11 Å². The molecule has 0 fully saturated rings. The van der Waals surface area contributed by atoms with Crippen LogP contribution < -0.4 is 9.30 Å². The van der Waals surface area contributed by atoms with Gasteiger partial charge in [-0.2, -0.15) is 0 Å². The number of ether oxygens (including phenoxy) is 1. The standard InChI is InChI=1S/C19H18NO/c1-21-19-12-6-5-10-18(19)15-20-13-7-11-17(14-20)16-8-3-2-4-9-16/h2-14H,15H2,1H3/q+1. The predicted molar refractivity (Wildman–Crippen MR) is 84.2 cm³/mol. The van der Waals surface area contributed by atoms with Gasteiger partial charge in [-0.15, -0.1) is 0 Å². The molecule has 0 aliphatic carbocycles. The van der Waals surface area contributed by atoms with E-state index in [9.17, 15) is 0 Å². The molecule has 0 saturated heterocycles. The van der Waals surface area contributed by atoms with Gasteiger partial charge < -0.3 is 4.74 Å². The second kappa shape index (κ2) is 6.23. The molecule has 0 aliphatic rings. The molecule has 2 nitrogen and oxygen atoms in total. The van der Waals surface area contributed by atoms with Crippen LogP contribution in [0.15, 0.2) is 79.1 Å². The number of nitrogens with zero attached hydrogens (tertiary/aromatic N) is 1. The van der Waals surface area contributed by atoms with Crippen molar-refractivity contribution >= 4 is 0 Å². The molecule has 3 rings (SSSR count). The smallest absolute Gasteiger partial charge is 0.177 e. The van der Waals surface area contributed by atoms with Crippen molar-refractivity contribution in [3.63, 3.8) is 0 Å². The lowest BCUT2D eigenvalue weighted by atomic mass is 10.1. The third kappa shape index (κ3) is 3.11. The first-order valence-electron chi connectivity index (χ1n) is 7.03. The predicted octanol–water partition coefficient (Wildman–Crippen LogP) is 3.70. The summed E-state index contributed by atoms with van der Waals surface area (Å²) in [5.41, 5.74) is 3.62. The van der Waals surface area contributed by atoms with Crippen molar-refractivity contribution in [1.29, 1.82) is 0 Å².